The molecule has 0 spiro atoms. The molecular formula is C14H15F3O4. The summed E-state index contributed by atoms with van der Waals surface area (Å²) >= 11 is 0. The average Bonchev–Trinajstić information content (AvgIpc) is 2.75. The van der Waals surface area contributed by atoms with Crippen molar-refractivity contribution in [2.45, 2.75) is 31.4 Å². The molecule has 21 heavy (non-hydrogen) atoms. The minimum absolute atomic E-state index is 0.117. The van der Waals surface area contributed by atoms with Crippen molar-refractivity contribution in [1.82, 2.24) is 0 Å². The Labute approximate surface area is 119 Å². The summed E-state index contributed by atoms with van der Waals surface area (Å²) < 4.78 is 55.2. The Bertz CT molecular complexity index is 536. The molecule has 4 nitrogen and oxygen atoms in total. The molecule has 7 heteroatoms. The van der Waals surface area contributed by atoms with Crippen LogP contribution in [0.1, 0.15) is 29.8 Å². The third-order valence-electron chi connectivity index (χ3n) is 3.27. The van der Waals surface area contributed by atoms with Crippen molar-refractivity contribution >= 4 is 5.97 Å². The van der Waals surface area contributed by atoms with Crippen LogP contribution in [-0.4, -0.2) is 31.6 Å². The Kier molecular flexibility index (Phi) is 3.75. The van der Waals surface area contributed by atoms with Gasteiger partial charge in [-0.1, -0.05) is 12.1 Å². The smallest absolute Gasteiger partial charge is 0.424 e. The van der Waals surface area contributed by atoms with E-state index in [2.05, 4.69) is 4.74 Å². The molecule has 0 radical (unpaired) electrons. The molecule has 116 valence electrons. The summed E-state index contributed by atoms with van der Waals surface area (Å²) in [6, 6.07) is 4.93. The molecule has 1 unspecified atom stereocenters. The molecule has 0 amide bonds. The van der Waals surface area contributed by atoms with Gasteiger partial charge >= 0.3 is 12.1 Å². The minimum Gasteiger partial charge on any atom is -0.465 e. The van der Waals surface area contributed by atoms with Crippen LogP contribution in [0.15, 0.2) is 24.3 Å². The van der Waals surface area contributed by atoms with Gasteiger partial charge in [0, 0.05) is 0 Å². The average molecular weight is 304 g/mol. The number of esters is 1. The fourth-order valence-corrected chi connectivity index (χ4v) is 2.19. The number of methoxy groups -OCH3 is 1. The van der Waals surface area contributed by atoms with Gasteiger partial charge in [-0.05, 0) is 31.5 Å². The van der Waals surface area contributed by atoms with Gasteiger partial charge in [-0.2, -0.15) is 13.2 Å². The molecule has 1 aliphatic rings. The normalized spacial score (nSPS) is 24.9. The van der Waals surface area contributed by atoms with E-state index in [1.54, 1.807) is 0 Å². The first kappa shape index (κ1) is 15.8. The lowest BCUT2D eigenvalue weighted by Crippen LogP contribution is -2.45. The van der Waals surface area contributed by atoms with Gasteiger partial charge in [-0.3, -0.25) is 0 Å². The number of carbonyl (C=O) groups excluding carboxylic acids is 1. The molecule has 1 aliphatic heterocycles. The van der Waals surface area contributed by atoms with Crippen molar-refractivity contribution in [3.63, 3.8) is 0 Å². The predicted molar refractivity (Wildman–Crippen MR) is 66.6 cm³/mol. The summed E-state index contributed by atoms with van der Waals surface area (Å²) in [4.78, 5) is 11.3. The number of carbonyl (C=O) groups is 1. The Morgan fingerprint density at radius 1 is 1.24 bits per heavy atom. The van der Waals surface area contributed by atoms with E-state index in [9.17, 15) is 18.0 Å². The van der Waals surface area contributed by atoms with Crippen molar-refractivity contribution in [1.29, 1.82) is 0 Å². The van der Waals surface area contributed by atoms with Crippen LogP contribution in [0.2, 0.25) is 0 Å². The highest BCUT2D eigenvalue weighted by atomic mass is 19.4. The van der Waals surface area contributed by atoms with Gasteiger partial charge in [-0.25, -0.2) is 4.79 Å². The number of alkyl halides is 3. The predicted octanol–water partition coefficient (Wildman–Crippen LogP) is 3.01. The van der Waals surface area contributed by atoms with Crippen LogP contribution >= 0.6 is 0 Å². The first-order chi connectivity index (χ1) is 9.61. The van der Waals surface area contributed by atoms with Gasteiger partial charge < -0.3 is 14.2 Å². The molecular weight excluding hydrogens is 289 g/mol. The lowest BCUT2D eigenvalue weighted by molar-refractivity contribution is -0.289. The molecule has 1 aromatic carbocycles. The summed E-state index contributed by atoms with van der Waals surface area (Å²) in [6.07, 6.45) is -4.65. The number of ether oxygens (including phenoxy) is 3. The Morgan fingerprint density at radius 3 is 2.19 bits per heavy atom. The van der Waals surface area contributed by atoms with E-state index in [4.69, 9.17) is 9.47 Å². The number of rotatable bonds is 2. The van der Waals surface area contributed by atoms with Gasteiger partial charge in [0.15, 0.2) is 5.79 Å². The van der Waals surface area contributed by atoms with Crippen molar-refractivity contribution in [3.8, 4) is 0 Å². The topological polar surface area (TPSA) is 44.8 Å². The van der Waals surface area contributed by atoms with Crippen molar-refractivity contribution in [2.24, 2.45) is 0 Å². The Balaban J connectivity index is 2.42. The summed E-state index contributed by atoms with van der Waals surface area (Å²) in [6.45, 7) is 2.20. The highest BCUT2D eigenvalue weighted by molar-refractivity contribution is 5.89. The third-order valence-corrected chi connectivity index (χ3v) is 3.27. The lowest BCUT2D eigenvalue weighted by atomic mass is 9.93. The molecule has 1 heterocycles. The molecule has 1 fully saturated rings. The van der Waals surface area contributed by atoms with E-state index in [1.165, 1.54) is 45.2 Å². The summed E-state index contributed by atoms with van der Waals surface area (Å²) in [5, 5.41) is 0. The monoisotopic (exact) mass is 304 g/mol. The zero-order chi connectivity index (χ0) is 15.9. The molecule has 1 atom stereocenters. The second kappa shape index (κ2) is 4.99. The van der Waals surface area contributed by atoms with E-state index < -0.39 is 30.1 Å². The van der Waals surface area contributed by atoms with Gasteiger partial charge in [-0.15, -0.1) is 0 Å². The second-order valence-electron chi connectivity index (χ2n) is 5.18. The standard InChI is InChI=1S/C14H15F3O4/c1-12(2)20-8-13(21-12,14(15,16)17)10-6-4-9(5-7-10)11(18)19-3/h4-7H,8H2,1-3H3. The maximum atomic E-state index is 13.5. The summed E-state index contributed by atoms with van der Waals surface area (Å²) in [7, 11) is 1.20. The highest BCUT2D eigenvalue weighted by Gasteiger charge is 2.63. The Morgan fingerprint density at radius 2 is 1.81 bits per heavy atom. The van der Waals surface area contributed by atoms with Crippen LogP contribution in [0.5, 0.6) is 0 Å². The molecule has 2 rings (SSSR count). The first-order valence-electron chi connectivity index (χ1n) is 6.21. The second-order valence-corrected chi connectivity index (χ2v) is 5.18. The summed E-state index contributed by atoms with van der Waals surface area (Å²) in [5.74, 6) is -1.96. The van der Waals surface area contributed by atoms with E-state index in [0.29, 0.717) is 0 Å². The fraction of sp³-hybridized carbons (Fsp3) is 0.500. The minimum atomic E-state index is -4.65. The molecule has 1 aromatic rings. The van der Waals surface area contributed by atoms with Gasteiger partial charge in [0.05, 0.1) is 19.3 Å². The molecule has 1 saturated heterocycles. The quantitative estimate of drug-likeness (QED) is 0.788. The molecule has 0 N–H and O–H groups in total. The fourth-order valence-electron chi connectivity index (χ4n) is 2.19. The number of halogens is 3. The largest absolute Gasteiger partial charge is 0.465 e. The maximum absolute atomic E-state index is 13.5. The van der Waals surface area contributed by atoms with Gasteiger partial charge in [0.25, 0.3) is 0 Å². The van der Waals surface area contributed by atoms with Crippen LogP contribution in [0.25, 0.3) is 0 Å². The first-order valence-corrected chi connectivity index (χ1v) is 6.21. The van der Waals surface area contributed by atoms with Crippen LogP contribution in [0.4, 0.5) is 13.2 Å². The lowest BCUT2D eigenvalue weighted by Gasteiger charge is -2.31. The third kappa shape index (κ3) is 2.75. The highest BCUT2D eigenvalue weighted by Crippen LogP contribution is 2.49. The van der Waals surface area contributed by atoms with Crippen molar-refractivity contribution in [2.75, 3.05) is 13.7 Å². The van der Waals surface area contributed by atoms with Crippen molar-refractivity contribution in [3.05, 3.63) is 35.4 Å². The Hall–Kier alpha value is -1.60. The number of hydrogen-bond donors (Lipinski definition) is 0. The van der Waals surface area contributed by atoms with Gasteiger partial charge in [0.2, 0.25) is 5.60 Å². The molecule has 0 saturated carbocycles. The van der Waals surface area contributed by atoms with E-state index >= 15 is 0 Å². The van der Waals surface area contributed by atoms with Crippen LogP contribution < -0.4 is 0 Å². The van der Waals surface area contributed by atoms with E-state index in [0.717, 1.165) is 0 Å². The van der Waals surface area contributed by atoms with Crippen LogP contribution in [0, 0.1) is 0 Å². The maximum Gasteiger partial charge on any atom is 0.424 e. The van der Waals surface area contributed by atoms with E-state index in [1.807, 2.05) is 0 Å². The number of hydrogen-bond acceptors (Lipinski definition) is 4. The molecule has 0 aliphatic carbocycles. The number of benzene rings is 1. The SMILES string of the molecule is COC(=O)c1ccc(C2(C(F)(F)F)COC(C)(C)O2)cc1. The zero-order valence-corrected chi connectivity index (χ0v) is 11.8. The molecule has 0 aromatic heterocycles. The van der Waals surface area contributed by atoms with Crippen LogP contribution in [-0.2, 0) is 19.8 Å². The summed E-state index contributed by atoms with van der Waals surface area (Å²) in [5.41, 5.74) is -2.49. The zero-order valence-electron chi connectivity index (χ0n) is 11.8. The van der Waals surface area contributed by atoms with Gasteiger partial charge in [0.1, 0.15) is 0 Å². The van der Waals surface area contributed by atoms with Crippen LogP contribution in [0.3, 0.4) is 0 Å². The molecule has 0 bridgehead atoms. The van der Waals surface area contributed by atoms with E-state index in [-0.39, 0.29) is 11.1 Å². The van der Waals surface area contributed by atoms with Crippen molar-refractivity contribution < 1.29 is 32.2 Å².